The maximum absolute atomic E-state index is 5.87. The molecule has 0 atom stereocenters. The molecular weight excluding hydrogens is 240 g/mol. The second kappa shape index (κ2) is 4.05. The van der Waals surface area contributed by atoms with E-state index < -0.39 is 0 Å². The summed E-state index contributed by atoms with van der Waals surface area (Å²) in [4.78, 5) is 0. The summed E-state index contributed by atoms with van der Waals surface area (Å²) >= 11 is 0. The summed E-state index contributed by atoms with van der Waals surface area (Å²) in [6.07, 6.45) is 2.03. The van der Waals surface area contributed by atoms with E-state index in [0.717, 1.165) is 27.9 Å². The quantitative estimate of drug-likeness (QED) is 0.764. The molecule has 2 N–H and O–H groups in total. The van der Waals surface area contributed by atoms with Crippen LogP contribution in [-0.2, 0) is 14.1 Å². The topological polar surface area (TPSA) is 58.0 Å². The van der Waals surface area contributed by atoms with Crippen molar-refractivity contribution < 1.29 is 4.74 Å². The highest BCUT2D eigenvalue weighted by Crippen LogP contribution is 2.37. The van der Waals surface area contributed by atoms with Crippen molar-refractivity contribution in [3.63, 3.8) is 0 Å². The second-order valence-electron chi connectivity index (χ2n) is 4.58. The molecule has 0 unspecified atom stereocenters. The number of aromatic nitrogens is 3. The van der Waals surface area contributed by atoms with Crippen molar-refractivity contribution in [2.75, 3.05) is 12.8 Å². The number of ether oxygens (including phenoxy) is 1. The van der Waals surface area contributed by atoms with Gasteiger partial charge in [-0.15, -0.1) is 0 Å². The van der Waals surface area contributed by atoms with Crippen molar-refractivity contribution >= 4 is 16.7 Å². The molecule has 3 aromatic rings. The van der Waals surface area contributed by atoms with Gasteiger partial charge in [0, 0.05) is 37.3 Å². The lowest BCUT2D eigenvalue weighted by molar-refractivity contribution is 0.417. The molecule has 0 aliphatic rings. The van der Waals surface area contributed by atoms with Crippen LogP contribution in [0.2, 0.25) is 0 Å². The molecule has 0 radical (unpaired) electrons. The third-order valence-corrected chi connectivity index (χ3v) is 3.42. The number of nitrogens with zero attached hydrogens (tertiary/aromatic N) is 3. The minimum Gasteiger partial charge on any atom is -0.496 e. The number of hydrogen-bond acceptors (Lipinski definition) is 3. The summed E-state index contributed by atoms with van der Waals surface area (Å²) in [7, 11) is 5.52. The molecule has 0 amide bonds. The van der Waals surface area contributed by atoms with Crippen LogP contribution in [0.15, 0.2) is 30.5 Å². The van der Waals surface area contributed by atoms with Gasteiger partial charge in [0.1, 0.15) is 11.6 Å². The van der Waals surface area contributed by atoms with Crippen molar-refractivity contribution in [3.8, 4) is 17.0 Å². The predicted molar refractivity (Wildman–Crippen MR) is 76.1 cm³/mol. The first-order valence-electron chi connectivity index (χ1n) is 6.03. The number of aryl methyl sites for hydroxylation is 2. The molecule has 0 fully saturated rings. The van der Waals surface area contributed by atoms with Crippen LogP contribution >= 0.6 is 0 Å². The highest BCUT2D eigenvalue weighted by molar-refractivity contribution is 5.98. The van der Waals surface area contributed by atoms with E-state index in [2.05, 4.69) is 15.7 Å². The number of benzene rings is 1. The zero-order valence-electron chi connectivity index (χ0n) is 11.2. The van der Waals surface area contributed by atoms with Crippen LogP contribution in [0.5, 0.6) is 5.75 Å². The fourth-order valence-corrected chi connectivity index (χ4v) is 2.37. The number of hydrogen-bond donors (Lipinski definition) is 1. The van der Waals surface area contributed by atoms with Gasteiger partial charge in [-0.05, 0) is 18.2 Å². The van der Waals surface area contributed by atoms with E-state index >= 15 is 0 Å². The average Bonchev–Trinajstić information content (AvgIpc) is 2.93. The van der Waals surface area contributed by atoms with Crippen molar-refractivity contribution in [1.29, 1.82) is 0 Å². The third kappa shape index (κ3) is 1.66. The Morgan fingerprint density at radius 1 is 1.21 bits per heavy atom. The molecule has 0 aliphatic carbocycles. The average molecular weight is 256 g/mol. The lowest BCUT2D eigenvalue weighted by atomic mass is 10.1. The Hall–Kier alpha value is -2.43. The number of methoxy groups -OCH3 is 1. The first kappa shape index (κ1) is 11.6. The zero-order chi connectivity index (χ0) is 13.6. The Bertz CT molecular complexity index is 735. The summed E-state index contributed by atoms with van der Waals surface area (Å²) in [5.41, 5.74) is 8.82. The van der Waals surface area contributed by atoms with Crippen LogP contribution in [-0.4, -0.2) is 21.5 Å². The Balaban J connectivity index is 2.36. The molecular formula is C14H16N4O. The summed E-state index contributed by atoms with van der Waals surface area (Å²) in [5.74, 6) is 1.43. The number of rotatable bonds is 2. The lowest BCUT2D eigenvalue weighted by Gasteiger charge is -2.08. The molecule has 5 heteroatoms. The summed E-state index contributed by atoms with van der Waals surface area (Å²) in [6.45, 7) is 0. The van der Waals surface area contributed by atoms with Gasteiger partial charge >= 0.3 is 0 Å². The van der Waals surface area contributed by atoms with Gasteiger partial charge in [0.05, 0.1) is 18.4 Å². The molecule has 98 valence electrons. The lowest BCUT2D eigenvalue weighted by Crippen LogP contribution is -1.97. The highest BCUT2D eigenvalue weighted by atomic mass is 16.5. The first-order valence-corrected chi connectivity index (χ1v) is 6.03. The zero-order valence-corrected chi connectivity index (χ0v) is 11.2. The van der Waals surface area contributed by atoms with Crippen LogP contribution in [0.3, 0.4) is 0 Å². The van der Waals surface area contributed by atoms with Gasteiger partial charge in [0.15, 0.2) is 0 Å². The van der Waals surface area contributed by atoms with Gasteiger partial charge in [0.2, 0.25) is 0 Å². The van der Waals surface area contributed by atoms with E-state index in [-0.39, 0.29) is 0 Å². The largest absolute Gasteiger partial charge is 0.496 e. The Morgan fingerprint density at radius 3 is 2.63 bits per heavy atom. The first-order chi connectivity index (χ1) is 9.11. The van der Waals surface area contributed by atoms with Gasteiger partial charge in [-0.25, -0.2) is 0 Å². The molecule has 5 nitrogen and oxygen atoms in total. The summed E-state index contributed by atoms with van der Waals surface area (Å²) in [5, 5.41) is 5.56. The van der Waals surface area contributed by atoms with Crippen LogP contribution in [0.25, 0.3) is 22.2 Å². The van der Waals surface area contributed by atoms with E-state index in [9.17, 15) is 0 Å². The molecule has 2 aromatic heterocycles. The van der Waals surface area contributed by atoms with E-state index in [4.69, 9.17) is 10.5 Å². The fraction of sp³-hybridized carbons (Fsp3) is 0.214. The molecule has 2 heterocycles. The monoisotopic (exact) mass is 256 g/mol. The maximum Gasteiger partial charge on any atom is 0.129 e. The smallest absolute Gasteiger partial charge is 0.129 e. The standard InChI is InChI=1S/C14H16N4O/c1-17-7-6-9-11(17)4-5-12(19-3)14(9)10-8-13(15)18(2)16-10/h4-8H,15H2,1-3H3. The van der Waals surface area contributed by atoms with E-state index in [1.165, 1.54) is 0 Å². The van der Waals surface area contributed by atoms with Gasteiger partial charge < -0.3 is 15.0 Å². The minimum absolute atomic E-state index is 0.630. The Morgan fingerprint density at radius 2 is 2.00 bits per heavy atom. The van der Waals surface area contributed by atoms with Crippen LogP contribution in [0, 0.1) is 0 Å². The van der Waals surface area contributed by atoms with E-state index in [1.54, 1.807) is 11.8 Å². The van der Waals surface area contributed by atoms with Crippen molar-refractivity contribution in [1.82, 2.24) is 14.3 Å². The van der Waals surface area contributed by atoms with Crippen molar-refractivity contribution in [2.24, 2.45) is 14.1 Å². The molecule has 0 saturated carbocycles. The third-order valence-electron chi connectivity index (χ3n) is 3.42. The minimum atomic E-state index is 0.630. The maximum atomic E-state index is 5.87. The number of nitrogen functional groups attached to an aromatic ring is 1. The molecule has 0 aliphatic heterocycles. The summed E-state index contributed by atoms with van der Waals surface area (Å²) < 4.78 is 9.20. The van der Waals surface area contributed by atoms with Gasteiger partial charge in [-0.1, -0.05) is 0 Å². The van der Waals surface area contributed by atoms with Gasteiger partial charge in [-0.3, -0.25) is 4.68 Å². The van der Waals surface area contributed by atoms with Crippen LogP contribution in [0.1, 0.15) is 0 Å². The number of anilines is 1. The SMILES string of the molecule is COc1ccc2c(ccn2C)c1-c1cc(N)n(C)n1. The predicted octanol–water partition coefficient (Wildman–Crippen LogP) is 2.17. The van der Waals surface area contributed by atoms with Gasteiger partial charge in [0.25, 0.3) is 0 Å². The molecule has 3 rings (SSSR count). The molecule has 0 spiro atoms. The molecule has 0 bridgehead atoms. The Kier molecular flexibility index (Phi) is 2.48. The molecule has 1 aromatic carbocycles. The van der Waals surface area contributed by atoms with Crippen LogP contribution < -0.4 is 10.5 Å². The second-order valence-corrected chi connectivity index (χ2v) is 4.58. The molecule has 19 heavy (non-hydrogen) atoms. The number of nitrogens with two attached hydrogens (primary N) is 1. The van der Waals surface area contributed by atoms with Crippen molar-refractivity contribution in [2.45, 2.75) is 0 Å². The summed E-state index contributed by atoms with van der Waals surface area (Å²) in [6, 6.07) is 7.94. The number of fused-ring (bicyclic) bond motifs is 1. The Labute approximate surface area is 111 Å². The normalized spacial score (nSPS) is 11.1. The molecule has 0 saturated heterocycles. The van der Waals surface area contributed by atoms with Gasteiger partial charge in [-0.2, -0.15) is 5.10 Å². The van der Waals surface area contributed by atoms with Crippen molar-refractivity contribution in [3.05, 3.63) is 30.5 Å². The van der Waals surface area contributed by atoms with E-state index in [0.29, 0.717) is 5.82 Å². The van der Waals surface area contributed by atoms with E-state index in [1.807, 2.05) is 38.5 Å². The van der Waals surface area contributed by atoms with Crippen LogP contribution in [0.4, 0.5) is 5.82 Å². The highest BCUT2D eigenvalue weighted by Gasteiger charge is 2.15. The fourth-order valence-electron chi connectivity index (χ4n) is 2.37.